The second-order valence-electron chi connectivity index (χ2n) is 6.95. The lowest BCUT2D eigenvalue weighted by molar-refractivity contribution is 0.0634. The van der Waals surface area contributed by atoms with Gasteiger partial charge in [-0.25, -0.2) is 0 Å². The Morgan fingerprint density at radius 1 is 1.00 bits per heavy atom. The number of benzene rings is 1. The highest BCUT2D eigenvalue weighted by atomic mass is 32.1. The van der Waals surface area contributed by atoms with Crippen LogP contribution >= 0.6 is 11.3 Å². The third-order valence-corrected chi connectivity index (χ3v) is 5.94. The van der Waals surface area contributed by atoms with Crippen molar-refractivity contribution in [2.45, 2.75) is 13.5 Å². The number of carbonyl (C=O) groups excluding carboxylic acids is 1. The Balaban J connectivity index is 1.42. The Bertz CT molecular complexity index is 897. The van der Waals surface area contributed by atoms with Crippen molar-refractivity contribution in [2.75, 3.05) is 26.2 Å². The summed E-state index contributed by atoms with van der Waals surface area (Å²) >= 11 is 1.54. The summed E-state index contributed by atoms with van der Waals surface area (Å²) in [5, 5.41) is 2.02. The molecule has 4 nitrogen and oxygen atoms in total. The molecular weight excluding hydrogens is 354 g/mol. The molecule has 4 rings (SSSR count). The Hall–Kier alpha value is -2.50. The molecule has 1 aliphatic heterocycles. The topological polar surface area (TPSA) is 36.4 Å². The lowest BCUT2D eigenvalue weighted by Crippen LogP contribution is -2.48. The summed E-state index contributed by atoms with van der Waals surface area (Å²) in [4.78, 5) is 22.4. The van der Waals surface area contributed by atoms with Crippen molar-refractivity contribution in [2.24, 2.45) is 0 Å². The van der Waals surface area contributed by atoms with Crippen molar-refractivity contribution in [3.05, 3.63) is 76.2 Å². The monoisotopic (exact) mass is 377 g/mol. The average molecular weight is 378 g/mol. The van der Waals surface area contributed by atoms with Gasteiger partial charge in [0.05, 0.1) is 4.88 Å². The zero-order valence-corrected chi connectivity index (χ0v) is 16.3. The lowest BCUT2D eigenvalue weighted by atomic mass is 10.0. The van der Waals surface area contributed by atoms with Gasteiger partial charge in [-0.15, -0.1) is 11.3 Å². The summed E-state index contributed by atoms with van der Waals surface area (Å²) in [7, 11) is 0. The van der Waals surface area contributed by atoms with Gasteiger partial charge in [0.2, 0.25) is 0 Å². The fourth-order valence-corrected chi connectivity index (χ4v) is 4.32. The number of rotatable bonds is 4. The molecule has 3 heterocycles. The Morgan fingerprint density at radius 2 is 1.70 bits per heavy atom. The molecule has 0 N–H and O–H groups in total. The first-order valence-electron chi connectivity index (χ1n) is 9.26. The minimum Gasteiger partial charge on any atom is -0.335 e. The number of hydrogen-bond acceptors (Lipinski definition) is 4. The van der Waals surface area contributed by atoms with E-state index in [4.69, 9.17) is 0 Å². The van der Waals surface area contributed by atoms with Crippen LogP contribution in [0.2, 0.25) is 0 Å². The fourth-order valence-electron chi connectivity index (χ4n) is 3.43. The number of thiophene rings is 1. The van der Waals surface area contributed by atoms with Crippen LogP contribution in [0.1, 0.15) is 20.8 Å². The van der Waals surface area contributed by atoms with Crippen molar-refractivity contribution in [1.82, 2.24) is 14.8 Å². The zero-order chi connectivity index (χ0) is 18.6. The molecule has 0 radical (unpaired) electrons. The maximum Gasteiger partial charge on any atom is 0.264 e. The van der Waals surface area contributed by atoms with Crippen LogP contribution in [0.25, 0.3) is 11.1 Å². The van der Waals surface area contributed by atoms with Crippen molar-refractivity contribution in [3.63, 3.8) is 0 Å². The highest BCUT2D eigenvalue weighted by Crippen LogP contribution is 2.30. The molecule has 1 fully saturated rings. The largest absolute Gasteiger partial charge is 0.335 e. The third-order valence-electron chi connectivity index (χ3n) is 5.04. The molecule has 27 heavy (non-hydrogen) atoms. The number of aromatic nitrogens is 1. The van der Waals surface area contributed by atoms with Crippen molar-refractivity contribution >= 4 is 17.2 Å². The standard InChI is InChI=1S/C22H23N3OS/c1-17-2-4-19(5-3-17)20-8-15-27-21(20)22(26)25-13-11-24(12-14-25)16-18-6-9-23-10-7-18/h2-10,15H,11-14,16H2,1H3. The van der Waals surface area contributed by atoms with E-state index in [1.165, 1.54) is 11.1 Å². The predicted octanol–water partition coefficient (Wildman–Crippen LogP) is 4.08. The van der Waals surface area contributed by atoms with Crippen molar-refractivity contribution in [3.8, 4) is 11.1 Å². The number of carbonyl (C=O) groups is 1. The minimum absolute atomic E-state index is 0.157. The SMILES string of the molecule is Cc1ccc(-c2ccsc2C(=O)N2CCN(Cc3ccncc3)CC2)cc1. The summed E-state index contributed by atoms with van der Waals surface area (Å²) < 4.78 is 0. The molecule has 1 aliphatic rings. The van der Waals surface area contributed by atoms with Crippen molar-refractivity contribution < 1.29 is 4.79 Å². The Labute approximate surface area is 164 Å². The van der Waals surface area contributed by atoms with E-state index in [1.54, 1.807) is 11.3 Å². The molecule has 0 aliphatic carbocycles. The summed E-state index contributed by atoms with van der Waals surface area (Å²) in [5.74, 6) is 0.157. The van der Waals surface area contributed by atoms with E-state index in [0.29, 0.717) is 0 Å². The fraction of sp³-hybridized carbons (Fsp3) is 0.273. The van der Waals surface area contributed by atoms with E-state index in [9.17, 15) is 4.79 Å². The van der Waals surface area contributed by atoms with Gasteiger partial charge in [-0.05, 0) is 41.6 Å². The second kappa shape index (κ2) is 8.03. The predicted molar refractivity (Wildman–Crippen MR) is 110 cm³/mol. The second-order valence-corrected chi connectivity index (χ2v) is 7.87. The van der Waals surface area contributed by atoms with Crippen LogP contribution in [0.4, 0.5) is 0 Å². The van der Waals surface area contributed by atoms with Crippen LogP contribution in [0, 0.1) is 6.92 Å². The first-order chi connectivity index (χ1) is 13.2. The van der Waals surface area contributed by atoms with Gasteiger partial charge < -0.3 is 4.90 Å². The summed E-state index contributed by atoms with van der Waals surface area (Å²) in [6.07, 6.45) is 3.66. The van der Waals surface area contributed by atoms with Crippen molar-refractivity contribution in [1.29, 1.82) is 0 Å². The molecule has 2 aromatic heterocycles. The van der Waals surface area contributed by atoms with Gasteiger partial charge in [0.25, 0.3) is 5.91 Å². The average Bonchev–Trinajstić information content (AvgIpc) is 3.19. The number of amides is 1. The lowest BCUT2D eigenvalue weighted by Gasteiger charge is -2.34. The molecule has 5 heteroatoms. The minimum atomic E-state index is 0.157. The van der Waals surface area contributed by atoms with E-state index in [-0.39, 0.29) is 5.91 Å². The van der Waals surface area contributed by atoms with E-state index in [0.717, 1.165) is 48.7 Å². The highest BCUT2D eigenvalue weighted by Gasteiger charge is 2.25. The van der Waals surface area contributed by atoms with E-state index < -0.39 is 0 Å². The summed E-state index contributed by atoms with van der Waals surface area (Å²) in [6.45, 7) is 6.34. The Kier molecular flexibility index (Phi) is 5.32. The van der Waals surface area contributed by atoms with Gasteiger partial charge >= 0.3 is 0 Å². The molecule has 138 valence electrons. The zero-order valence-electron chi connectivity index (χ0n) is 15.5. The van der Waals surface area contributed by atoms with Crippen LogP contribution < -0.4 is 0 Å². The smallest absolute Gasteiger partial charge is 0.264 e. The van der Waals surface area contributed by atoms with Crippen LogP contribution in [-0.2, 0) is 6.54 Å². The first kappa shape index (κ1) is 17.9. The molecule has 0 saturated carbocycles. The summed E-state index contributed by atoms with van der Waals surface area (Å²) in [5.41, 5.74) is 4.66. The van der Waals surface area contributed by atoms with Gasteiger partial charge in [0.1, 0.15) is 0 Å². The Morgan fingerprint density at radius 3 is 2.41 bits per heavy atom. The van der Waals surface area contributed by atoms with Gasteiger partial charge in [0.15, 0.2) is 0 Å². The molecule has 1 amide bonds. The molecule has 1 aromatic carbocycles. The number of aryl methyl sites for hydroxylation is 1. The molecule has 0 atom stereocenters. The quantitative estimate of drug-likeness (QED) is 0.687. The molecular formula is C22H23N3OS. The molecule has 0 unspecified atom stereocenters. The van der Waals surface area contributed by atoms with Crippen LogP contribution in [0.5, 0.6) is 0 Å². The van der Waals surface area contributed by atoms with Gasteiger partial charge in [-0.1, -0.05) is 29.8 Å². The van der Waals surface area contributed by atoms with Gasteiger partial charge in [-0.3, -0.25) is 14.7 Å². The number of nitrogens with zero attached hydrogens (tertiary/aromatic N) is 3. The highest BCUT2D eigenvalue weighted by molar-refractivity contribution is 7.12. The van der Waals surface area contributed by atoms with E-state index in [1.807, 2.05) is 22.7 Å². The number of hydrogen-bond donors (Lipinski definition) is 0. The van der Waals surface area contributed by atoms with Crippen LogP contribution in [0.3, 0.4) is 0 Å². The maximum absolute atomic E-state index is 13.1. The number of pyridine rings is 1. The van der Waals surface area contributed by atoms with Crippen LogP contribution in [-0.4, -0.2) is 46.9 Å². The molecule has 0 bridgehead atoms. The van der Waals surface area contributed by atoms with Gasteiger partial charge in [-0.2, -0.15) is 0 Å². The number of piperazine rings is 1. The summed E-state index contributed by atoms with van der Waals surface area (Å²) in [6, 6.07) is 14.6. The van der Waals surface area contributed by atoms with Crippen LogP contribution in [0.15, 0.2) is 60.2 Å². The molecule has 3 aromatic rings. The maximum atomic E-state index is 13.1. The molecule has 1 saturated heterocycles. The van der Waals surface area contributed by atoms with Gasteiger partial charge in [0, 0.05) is 50.7 Å². The third kappa shape index (κ3) is 4.10. The van der Waals surface area contributed by atoms with E-state index in [2.05, 4.69) is 59.3 Å². The first-order valence-corrected chi connectivity index (χ1v) is 10.1. The molecule has 0 spiro atoms. The van der Waals surface area contributed by atoms with E-state index >= 15 is 0 Å². The normalized spacial score (nSPS) is 15.1.